The maximum atomic E-state index is 14.3. The van der Waals surface area contributed by atoms with E-state index in [1.54, 1.807) is 24.3 Å². The standard InChI is InChI=1S/C20H24FNO2S/c21-17(7-6-16-4-2-1-3-5-16)14-22-13-12-20(15-22)25(24)19-10-8-18(23)9-11-19/h1-5,8-11,17,20,23H,6-7,12-15H2/t17-,20-,25?/m1/s1. The van der Waals surface area contributed by atoms with E-state index in [4.69, 9.17) is 0 Å². The second-order valence-electron chi connectivity index (χ2n) is 6.58. The van der Waals surface area contributed by atoms with Crippen LogP contribution in [0.2, 0.25) is 0 Å². The quantitative estimate of drug-likeness (QED) is 0.820. The molecule has 3 nitrogen and oxygen atoms in total. The van der Waals surface area contributed by atoms with Gasteiger partial charge in [-0.3, -0.25) is 9.11 Å². The fourth-order valence-electron chi connectivity index (χ4n) is 3.25. The third-order valence-corrected chi connectivity index (χ3v) is 6.37. The number of aromatic hydroxyl groups is 1. The summed E-state index contributed by atoms with van der Waals surface area (Å²) in [6.45, 7) is 1.87. The van der Waals surface area contributed by atoms with Crippen molar-refractivity contribution in [3.8, 4) is 5.75 Å². The predicted molar refractivity (Wildman–Crippen MR) is 99.0 cm³/mol. The first-order chi connectivity index (χ1) is 12.1. The first-order valence-electron chi connectivity index (χ1n) is 8.72. The SMILES string of the molecule is O=S(c1ccc(O)cc1)[C@@H]1CCN(C[C@H](F)CCc2ccccc2)C1. The fraction of sp³-hybridized carbons (Fsp3) is 0.400. The van der Waals surface area contributed by atoms with E-state index < -0.39 is 17.0 Å². The summed E-state index contributed by atoms with van der Waals surface area (Å²) in [5, 5.41) is 9.36. The van der Waals surface area contributed by atoms with Crippen LogP contribution < -0.4 is 0 Å². The Kier molecular flexibility index (Phi) is 6.21. The number of halogens is 1. The first kappa shape index (κ1) is 18.1. The molecule has 0 saturated carbocycles. The summed E-state index contributed by atoms with van der Waals surface area (Å²) < 4.78 is 26.9. The highest BCUT2D eigenvalue weighted by Gasteiger charge is 2.29. The second kappa shape index (κ2) is 8.59. The van der Waals surface area contributed by atoms with E-state index in [1.807, 2.05) is 30.3 Å². The molecule has 0 aromatic heterocycles. The Morgan fingerprint density at radius 2 is 1.88 bits per heavy atom. The maximum Gasteiger partial charge on any atom is 0.115 e. The number of rotatable bonds is 7. The first-order valence-corrected chi connectivity index (χ1v) is 9.93. The van der Waals surface area contributed by atoms with Gasteiger partial charge in [0.05, 0.1) is 16.0 Å². The summed E-state index contributed by atoms with van der Waals surface area (Å²) in [5.74, 6) is 0.174. The number of hydrogen-bond donors (Lipinski definition) is 1. The molecule has 1 aliphatic rings. The van der Waals surface area contributed by atoms with Crippen molar-refractivity contribution in [2.75, 3.05) is 19.6 Å². The average molecular weight is 361 g/mol. The van der Waals surface area contributed by atoms with E-state index in [0.29, 0.717) is 19.5 Å². The van der Waals surface area contributed by atoms with Crippen molar-refractivity contribution in [2.45, 2.75) is 35.6 Å². The highest BCUT2D eigenvalue weighted by Crippen LogP contribution is 2.23. The number of nitrogens with zero attached hydrogens (tertiary/aromatic N) is 1. The molecule has 1 unspecified atom stereocenters. The van der Waals surface area contributed by atoms with E-state index in [2.05, 4.69) is 4.90 Å². The van der Waals surface area contributed by atoms with Crippen LogP contribution in [0.15, 0.2) is 59.5 Å². The molecule has 1 aliphatic heterocycles. The van der Waals surface area contributed by atoms with Gasteiger partial charge in [-0.05, 0) is 55.6 Å². The summed E-state index contributed by atoms with van der Waals surface area (Å²) in [7, 11) is -1.11. The van der Waals surface area contributed by atoms with Crippen molar-refractivity contribution in [1.82, 2.24) is 4.90 Å². The predicted octanol–water partition coefficient (Wildman–Crippen LogP) is 3.55. The molecule has 0 spiro atoms. The van der Waals surface area contributed by atoms with Crippen LogP contribution in [0.1, 0.15) is 18.4 Å². The highest BCUT2D eigenvalue weighted by atomic mass is 32.2. The average Bonchev–Trinajstić information content (AvgIpc) is 3.09. The molecule has 1 heterocycles. The van der Waals surface area contributed by atoms with Crippen molar-refractivity contribution in [3.05, 3.63) is 60.2 Å². The number of phenols is 1. The molecule has 25 heavy (non-hydrogen) atoms. The Morgan fingerprint density at radius 1 is 1.16 bits per heavy atom. The van der Waals surface area contributed by atoms with E-state index >= 15 is 0 Å². The molecule has 0 aliphatic carbocycles. The fourth-order valence-corrected chi connectivity index (χ4v) is 4.70. The molecule has 1 fully saturated rings. The van der Waals surface area contributed by atoms with E-state index in [-0.39, 0.29) is 11.0 Å². The molecule has 3 atom stereocenters. The van der Waals surface area contributed by atoms with E-state index in [9.17, 15) is 13.7 Å². The largest absolute Gasteiger partial charge is 0.508 e. The summed E-state index contributed by atoms with van der Waals surface area (Å²) in [6.07, 6.45) is 1.23. The maximum absolute atomic E-state index is 14.3. The van der Waals surface area contributed by atoms with Crippen molar-refractivity contribution in [3.63, 3.8) is 0 Å². The number of benzene rings is 2. The van der Waals surface area contributed by atoms with Crippen LogP contribution in [-0.4, -0.2) is 45.3 Å². The van der Waals surface area contributed by atoms with Gasteiger partial charge >= 0.3 is 0 Å². The summed E-state index contributed by atoms with van der Waals surface area (Å²) >= 11 is 0. The van der Waals surface area contributed by atoms with Gasteiger partial charge in [-0.25, -0.2) is 4.39 Å². The molecule has 0 amide bonds. The molecular weight excluding hydrogens is 337 g/mol. The monoisotopic (exact) mass is 361 g/mol. The highest BCUT2D eigenvalue weighted by molar-refractivity contribution is 7.85. The molecule has 3 rings (SSSR count). The molecule has 0 bridgehead atoms. The lowest BCUT2D eigenvalue weighted by molar-refractivity contribution is 0.211. The van der Waals surface area contributed by atoms with Crippen molar-refractivity contribution in [2.24, 2.45) is 0 Å². The molecule has 134 valence electrons. The minimum atomic E-state index is -1.11. The van der Waals surface area contributed by atoms with Crippen LogP contribution in [0.4, 0.5) is 4.39 Å². The Balaban J connectivity index is 1.46. The molecule has 0 radical (unpaired) electrons. The molecular formula is C20H24FNO2S. The molecule has 5 heteroatoms. The summed E-state index contributed by atoms with van der Waals surface area (Å²) in [4.78, 5) is 2.81. The van der Waals surface area contributed by atoms with Gasteiger partial charge in [0.1, 0.15) is 11.9 Å². The van der Waals surface area contributed by atoms with Crippen LogP contribution >= 0.6 is 0 Å². The van der Waals surface area contributed by atoms with Gasteiger partial charge in [0.2, 0.25) is 0 Å². The van der Waals surface area contributed by atoms with Gasteiger partial charge in [-0.15, -0.1) is 0 Å². The normalized spacial score (nSPS) is 20.4. The zero-order valence-corrected chi connectivity index (χ0v) is 15.0. The Morgan fingerprint density at radius 3 is 2.60 bits per heavy atom. The third-order valence-electron chi connectivity index (χ3n) is 4.65. The van der Waals surface area contributed by atoms with Gasteiger partial charge in [0.25, 0.3) is 0 Å². The molecule has 2 aromatic rings. The molecule has 1 saturated heterocycles. The number of hydrogen-bond acceptors (Lipinski definition) is 3. The van der Waals surface area contributed by atoms with Crippen LogP contribution in [0.3, 0.4) is 0 Å². The van der Waals surface area contributed by atoms with Gasteiger partial charge in [0.15, 0.2) is 0 Å². The lowest BCUT2D eigenvalue weighted by atomic mass is 10.1. The summed E-state index contributed by atoms with van der Waals surface area (Å²) in [6, 6.07) is 16.5. The van der Waals surface area contributed by atoms with Gasteiger partial charge in [-0.1, -0.05) is 30.3 Å². The smallest absolute Gasteiger partial charge is 0.115 e. The zero-order valence-electron chi connectivity index (χ0n) is 14.2. The van der Waals surface area contributed by atoms with Gasteiger partial charge in [0, 0.05) is 18.0 Å². The lowest BCUT2D eigenvalue weighted by Gasteiger charge is -2.18. The van der Waals surface area contributed by atoms with E-state index in [0.717, 1.165) is 29.8 Å². The Hall–Kier alpha value is -1.72. The van der Waals surface area contributed by atoms with Crippen LogP contribution in [0.25, 0.3) is 0 Å². The Bertz CT molecular complexity index is 693. The number of likely N-dealkylation sites (tertiary alicyclic amines) is 1. The lowest BCUT2D eigenvalue weighted by Crippen LogP contribution is -2.30. The number of phenolic OH excluding ortho intramolecular Hbond substituents is 1. The topological polar surface area (TPSA) is 40.5 Å². The number of aryl methyl sites for hydroxylation is 1. The van der Waals surface area contributed by atoms with Crippen molar-refractivity contribution < 1.29 is 13.7 Å². The van der Waals surface area contributed by atoms with Crippen molar-refractivity contribution in [1.29, 1.82) is 0 Å². The van der Waals surface area contributed by atoms with Gasteiger partial charge in [-0.2, -0.15) is 0 Å². The number of alkyl halides is 1. The van der Waals surface area contributed by atoms with Gasteiger partial charge < -0.3 is 5.11 Å². The second-order valence-corrected chi connectivity index (χ2v) is 8.32. The molecule has 1 N–H and O–H groups in total. The van der Waals surface area contributed by atoms with Crippen LogP contribution in [0, 0.1) is 0 Å². The zero-order chi connectivity index (χ0) is 17.6. The summed E-state index contributed by atoms with van der Waals surface area (Å²) in [5.41, 5.74) is 1.16. The van der Waals surface area contributed by atoms with E-state index in [1.165, 1.54) is 0 Å². The minimum absolute atomic E-state index is 0.0332. The van der Waals surface area contributed by atoms with Crippen molar-refractivity contribution >= 4 is 10.8 Å². The van der Waals surface area contributed by atoms with Crippen LogP contribution in [0.5, 0.6) is 5.75 Å². The third kappa shape index (κ3) is 5.13. The van der Waals surface area contributed by atoms with Crippen LogP contribution in [-0.2, 0) is 17.2 Å². The molecule has 2 aromatic carbocycles. The minimum Gasteiger partial charge on any atom is -0.508 e. The Labute approximate surface area is 150 Å².